The molecular weight excluding hydrogens is 322 g/mol. The van der Waals surface area contributed by atoms with Gasteiger partial charge in [-0.05, 0) is 41.8 Å². The van der Waals surface area contributed by atoms with Crippen molar-refractivity contribution in [2.24, 2.45) is 0 Å². The molecule has 0 aliphatic carbocycles. The highest BCUT2D eigenvalue weighted by molar-refractivity contribution is 6.03. The Morgan fingerprint density at radius 3 is 2.20 bits per heavy atom. The van der Waals surface area contributed by atoms with Gasteiger partial charge >= 0.3 is 0 Å². The molecule has 0 fully saturated rings. The number of carbonyl (C=O) groups is 1. The van der Waals surface area contributed by atoms with Crippen molar-refractivity contribution in [2.45, 2.75) is 12.3 Å². The summed E-state index contributed by atoms with van der Waals surface area (Å²) < 4.78 is 21.4. The Morgan fingerprint density at radius 2 is 1.56 bits per heavy atom. The number of amides is 1. The van der Waals surface area contributed by atoms with Gasteiger partial charge in [-0.25, -0.2) is 0 Å². The zero-order valence-corrected chi connectivity index (χ0v) is 14.7. The zero-order valence-electron chi connectivity index (χ0n) is 14.7. The van der Waals surface area contributed by atoms with Crippen LogP contribution in [0.15, 0.2) is 30.3 Å². The third-order valence-corrected chi connectivity index (χ3v) is 4.42. The van der Waals surface area contributed by atoms with Crippen LogP contribution < -0.4 is 24.3 Å². The first-order chi connectivity index (χ1) is 12.1. The fourth-order valence-corrected chi connectivity index (χ4v) is 3.12. The predicted octanol–water partition coefficient (Wildman–Crippen LogP) is 3.00. The number of nitrogens with one attached hydrogen (secondary N) is 1. The van der Waals surface area contributed by atoms with E-state index in [1.165, 1.54) is 0 Å². The summed E-state index contributed by atoms with van der Waals surface area (Å²) in [5, 5.41) is 2.91. The standard InChI is InChI=1S/C19H21NO5/c1-22-12-5-6-16(23-2)11(7-12)8-14-13-9-17(24-3)18(25-4)10-15(13)20-19(14)21/h5-7,9-10,14H,8H2,1-4H3,(H,20,21). The molecule has 0 aromatic heterocycles. The molecule has 0 saturated heterocycles. The molecule has 25 heavy (non-hydrogen) atoms. The molecule has 6 heteroatoms. The number of fused-ring (bicyclic) bond motifs is 1. The van der Waals surface area contributed by atoms with Crippen molar-refractivity contribution in [1.29, 1.82) is 0 Å². The molecule has 0 saturated carbocycles. The molecule has 1 heterocycles. The van der Waals surface area contributed by atoms with Crippen LogP contribution in [-0.2, 0) is 11.2 Å². The van der Waals surface area contributed by atoms with Gasteiger partial charge < -0.3 is 24.3 Å². The topological polar surface area (TPSA) is 66.0 Å². The van der Waals surface area contributed by atoms with Crippen LogP contribution in [0.5, 0.6) is 23.0 Å². The van der Waals surface area contributed by atoms with Crippen molar-refractivity contribution in [3.05, 3.63) is 41.5 Å². The van der Waals surface area contributed by atoms with Gasteiger partial charge in [-0.3, -0.25) is 4.79 Å². The lowest BCUT2D eigenvalue weighted by Gasteiger charge is -2.15. The van der Waals surface area contributed by atoms with Crippen LogP contribution in [0.2, 0.25) is 0 Å². The van der Waals surface area contributed by atoms with Gasteiger partial charge in [0.25, 0.3) is 0 Å². The lowest BCUT2D eigenvalue weighted by molar-refractivity contribution is -0.117. The summed E-state index contributed by atoms with van der Waals surface area (Å²) >= 11 is 0. The highest BCUT2D eigenvalue weighted by Gasteiger charge is 2.33. The third kappa shape index (κ3) is 3.07. The first-order valence-corrected chi connectivity index (χ1v) is 7.89. The van der Waals surface area contributed by atoms with Gasteiger partial charge in [0.15, 0.2) is 11.5 Å². The molecule has 1 amide bonds. The molecule has 1 N–H and O–H groups in total. The largest absolute Gasteiger partial charge is 0.497 e. The second-order valence-corrected chi connectivity index (χ2v) is 5.72. The second kappa shape index (κ2) is 6.93. The van der Waals surface area contributed by atoms with Crippen molar-refractivity contribution in [3.63, 3.8) is 0 Å². The molecule has 1 aliphatic heterocycles. The number of methoxy groups -OCH3 is 4. The lowest BCUT2D eigenvalue weighted by atomic mass is 9.92. The molecule has 1 aliphatic rings. The summed E-state index contributed by atoms with van der Waals surface area (Å²) in [6, 6.07) is 9.21. The maximum absolute atomic E-state index is 12.5. The maximum Gasteiger partial charge on any atom is 0.232 e. The molecular formula is C19H21NO5. The first-order valence-electron chi connectivity index (χ1n) is 7.89. The summed E-state index contributed by atoms with van der Waals surface area (Å²) in [6.45, 7) is 0. The van der Waals surface area contributed by atoms with Crippen LogP contribution in [-0.4, -0.2) is 34.3 Å². The number of benzene rings is 2. The summed E-state index contributed by atoms with van der Waals surface area (Å²) in [7, 11) is 6.37. The SMILES string of the molecule is COc1ccc(OC)c(CC2C(=O)Nc3cc(OC)c(OC)cc32)c1. The summed E-state index contributed by atoms with van der Waals surface area (Å²) in [4.78, 5) is 12.5. The highest BCUT2D eigenvalue weighted by atomic mass is 16.5. The molecule has 0 spiro atoms. The van der Waals surface area contributed by atoms with Gasteiger partial charge in [-0.15, -0.1) is 0 Å². The van der Waals surface area contributed by atoms with Crippen LogP contribution in [0.4, 0.5) is 5.69 Å². The smallest absolute Gasteiger partial charge is 0.232 e. The number of hydrogen-bond acceptors (Lipinski definition) is 5. The minimum atomic E-state index is -0.337. The Kier molecular flexibility index (Phi) is 4.70. The Bertz CT molecular complexity index is 803. The Hall–Kier alpha value is -2.89. The molecule has 2 aromatic carbocycles. The minimum absolute atomic E-state index is 0.0600. The molecule has 0 radical (unpaired) electrons. The van der Waals surface area contributed by atoms with E-state index in [9.17, 15) is 4.79 Å². The van der Waals surface area contributed by atoms with Gasteiger partial charge in [-0.2, -0.15) is 0 Å². The number of ether oxygens (including phenoxy) is 4. The van der Waals surface area contributed by atoms with Crippen molar-refractivity contribution < 1.29 is 23.7 Å². The van der Waals surface area contributed by atoms with E-state index in [0.29, 0.717) is 17.9 Å². The van der Waals surface area contributed by atoms with E-state index in [2.05, 4.69) is 5.32 Å². The number of hydrogen-bond donors (Lipinski definition) is 1. The van der Waals surface area contributed by atoms with Gasteiger partial charge in [0.05, 0.1) is 34.4 Å². The zero-order chi connectivity index (χ0) is 18.0. The van der Waals surface area contributed by atoms with Crippen molar-refractivity contribution in [3.8, 4) is 23.0 Å². The fourth-order valence-electron chi connectivity index (χ4n) is 3.12. The molecule has 6 nitrogen and oxygen atoms in total. The van der Waals surface area contributed by atoms with Crippen molar-refractivity contribution in [2.75, 3.05) is 33.8 Å². The molecule has 1 unspecified atom stereocenters. The predicted molar refractivity (Wildman–Crippen MR) is 94.2 cm³/mol. The van der Waals surface area contributed by atoms with Crippen LogP contribution in [0.1, 0.15) is 17.0 Å². The summed E-state index contributed by atoms with van der Waals surface area (Å²) in [5.74, 6) is 2.23. The lowest BCUT2D eigenvalue weighted by Crippen LogP contribution is -2.14. The Balaban J connectivity index is 1.99. The van der Waals surface area contributed by atoms with Gasteiger partial charge in [-0.1, -0.05) is 0 Å². The van der Waals surface area contributed by atoms with E-state index >= 15 is 0 Å². The van der Waals surface area contributed by atoms with Crippen LogP contribution in [0.3, 0.4) is 0 Å². The normalized spacial score (nSPS) is 15.4. The van der Waals surface area contributed by atoms with Crippen molar-refractivity contribution in [1.82, 2.24) is 0 Å². The average Bonchev–Trinajstić information content (AvgIpc) is 2.94. The number of anilines is 1. The van der Waals surface area contributed by atoms with E-state index in [4.69, 9.17) is 18.9 Å². The molecule has 3 rings (SSSR count). The Morgan fingerprint density at radius 1 is 0.880 bits per heavy atom. The van der Waals surface area contributed by atoms with Crippen LogP contribution in [0.25, 0.3) is 0 Å². The molecule has 0 bridgehead atoms. The van der Waals surface area contributed by atoms with Crippen LogP contribution in [0, 0.1) is 0 Å². The van der Waals surface area contributed by atoms with E-state index in [1.807, 2.05) is 24.3 Å². The first kappa shape index (κ1) is 17.0. The van der Waals surface area contributed by atoms with Gasteiger partial charge in [0, 0.05) is 11.8 Å². The van der Waals surface area contributed by atoms with Crippen LogP contribution >= 0.6 is 0 Å². The van der Waals surface area contributed by atoms with Crippen molar-refractivity contribution >= 4 is 11.6 Å². The number of rotatable bonds is 6. The molecule has 132 valence electrons. The molecule has 2 aromatic rings. The Labute approximate surface area is 146 Å². The number of carbonyl (C=O) groups excluding carboxylic acids is 1. The van der Waals surface area contributed by atoms with E-state index in [0.717, 1.165) is 28.3 Å². The van der Waals surface area contributed by atoms with E-state index in [1.54, 1.807) is 34.5 Å². The van der Waals surface area contributed by atoms with E-state index < -0.39 is 0 Å². The maximum atomic E-state index is 12.5. The minimum Gasteiger partial charge on any atom is -0.497 e. The quantitative estimate of drug-likeness (QED) is 0.873. The fraction of sp³-hybridized carbons (Fsp3) is 0.316. The summed E-state index contributed by atoms with van der Waals surface area (Å²) in [6.07, 6.45) is 0.495. The van der Waals surface area contributed by atoms with E-state index in [-0.39, 0.29) is 11.8 Å². The average molecular weight is 343 g/mol. The molecule has 1 atom stereocenters. The monoisotopic (exact) mass is 343 g/mol. The van der Waals surface area contributed by atoms with Gasteiger partial charge in [0.2, 0.25) is 5.91 Å². The highest BCUT2D eigenvalue weighted by Crippen LogP contribution is 2.43. The second-order valence-electron chi connectivity index (χ2n) is 5.72. The summed E-state index contributed by atoms with van der Waals surface area (Å²) in [5.41, 5.74) is 2.53. The third-order valence-electron chi connectivity index (χ3n) is 4.42. The van der Waals surface area contributed by atoms with Gasteiger partial charge in [0.1, 0.15) is 11.5 Å².